The summed E-state index contributed by atoms with van der Waals surface area (Å²) in [7, 11) is 2.40. The third kappa shape index (κ3) is 4.47. The molecular formula is C22H25F2N5O3S. The number of hydrogen-bond donors (Lipinski definition) is 1. The lowest BCUT2D eigenvalue weighted by Crippen LogP contribution is -2.44. The first kappa shape index (κ1) is 23.2. The van der Waals surface area contributed by atoms with Gasteiger partial charge in [0.1, 0.15) is 12.6 Å². The highest BCUT2D eigenvalue weighted by Gasteiger charge is 2.38. The molecule has 1 unspecified atom stereocenters. The van der Waals surface area contributed by atoms with E-state index in [2.05, 4.69) is 20.0 Å². The van der Waals surface area contributed by atoms with Crippen molar-refractivity contribution in [3.05, 3.63) is 52.1 Å². The molecule has 0 bridgehead atoms. The minimum atomic E-state index is -3.43. The summed E-state index contributed by atoms with van der Waals surface area (Å²) in [5, 5.41) is 3.46. The van der Waals surface area contributed by atoms with E-state index in [9.17, 15) is 18.4 Å². The Morgan fingerprint density at radius 1 is 1.33 bits per heavy atom. The van der Waals surface area contributed by atoms with Crippen molar-refractivity contribution >= 4 is 32.7 Å². The van der Waals surface area contributed by atoms with Gasteiger partial charge in [-0.15, -0.1) is 0 Å². The van der Waals surface area contributed by atoms with E-state index in [0.717, 1.165) is 35.0 Å². The van der Waals surface area contributed by atoms with Crippen LogP contribution in [0.25, 0.3) is 10.3 Å². The summed E-state index contributed by atoms with van der Waals surface area (Å²) in [5.41, 5.74) is 0.344. The van der Waals surface area contributed by atoms with Gasteiger partial charge in [0.05, 0.1) is 6.04 Å². The van der Waals surface area contributed by atoms with E-state index in [0.29, 0.717) is 18.1 Å². The standard InChI is InChI=1S/C22H25F2N5O3S/c1-13(14-8-5-4-6-9-14)25-17(30)15-10-7-11-29(15)21-26-16-18(33-21)27-20(28(2)19(16)31)22(23,24)12-32-3/h4-6,8-9,13,15H,7,10-12H2,1-3H3,(H,25,30)/t13-,15?/m1/s1. The number of ether oxygens (including phenoxy) is 1. The molecule has 3 heterocycles. The number of benzene rings is 1. The van der Waals surface area contributed by atoms with Gasteiger partial charge in [0.15, 0.2) is 21.3 Å². The zero-order valence-corrected chi connectivity index (χ0v) is 19.4. The lowest BCUT2D eigenvalue weighted by Gasteiger charge is -2.25. The summed E-state index contributed by atoms with van der Waals surface area (Å²) in [6.45, 7) is 1.60. The summed E-state index contributed by atoms with van der Waals surface area (Å²) in [6, 6.07) is 9.01. The van der Waals surface area contributed by atoms with Gasteiger partial charge in [-0.05, 0) is 25.3 Å². The lowest BCUT2D eigenvalue weighted by molar-refractivity contribution is -0.122. The Labute approximate surface area is 193 Å². The summed E-state index contributed by atoms with van der Waals surface area (Å²) in [6.07, 6.45) is 1.40. The second kappa shape index (κ2) is 9.14. The normalized spacial score (nSPS) is 17.5. The molecule has 1 aliphatic rings. The van der Waals surface area contributed by atoms with Crippen molar-refractivity contribution < 1.29 is 18.3 Å². The van der Waals surface area contributed by atoms with Gasteiger partial charge in [0.25, 0.3) is 5.56 Å². The van der Waals surface area contributed by atoms with E-state index < -0.39 is 30.0 Å². The van der Waals surface area contributed by atoms with E-state index in [1.807, 2.05) is 42.2 Å². The largest absolute Gasteiger partial charge is 0.378 e. The summed E-state index contributed by atoms with van der Waals surface area (Å²) >= 11 is 1.04. The van der Waals surface area contributed by atoms with Gasteiger partial charge in [0, 0.05) is 20.7 Å². The fourth-order valence-corrected chi connectivity index (χ4v) is 5.05. The average Bonchev–Trinajstić information content (AvgIpc) is 3.44. The molecule has 33 heavy (non-hydrogen) atoms. The van der Waals surface area contributed by atoms with Crippen molar-refractivity contribution in [3.63, 3.8) is 0 Å². The number of carbonyl (C=O) groups excluding carboxylic acids is 1. The Kier molecular flexibility index (Phi) is 6.44. The number of methoxy groups -OCH3 is 1. The maximum atomic E-state index is 14.4. The molecule has 2 atom stereocenters. The van der Waals surface area contributed by atoms with Crippen molar-refractivity contribution in [3.8, 4) is 0 Å². The minimum absolute atomic E-state index is 0.0122. The van der Waals surface area contributed by atoms with E-state index >= 15 is 0 Å². The summed E-state index contributed by atoms with van der Waals surface area (Å²) in [5.74, 6) is -4.24. The third-order valence-corrected chi connectivity index (χ3v) is 6.73. The Morgan fingerprint density at radius 2 is 2.06 bits per heavy atom. The number of amides is 1. The molecular weight excluding hydrogens is 452 g/mol. The van der Waals surface area contributed by atoms with Crippen LogP contribution >= 0.6 is 11.3 Å². The number of thiazole rings is 1. The third-order valence-electron chi connectivity index (χ3n) is 5.74. The van der Waals surface area contributed by atoms with Gasteiger partial charge < -0.3 is 15.0 Å². The van der Waals surface area contributed by atoms with Crippen LogP contribution in [-0.4, -0.2) is 46.7 Å². The second-order valence-electron chi connectivity index (χ2n) is 8.08. The van der Waals surface area contributed by atoms with Crippen molar-refractivity contribution in [1.82, 2.24) is 19.9 Å². The Balaban J connectivity index is 1.62. The first-order valence-electron chi connectivity index (χ1n) is 10.6. The molecule has 1 saturated heterocycles. The maximum Gasteiger partial charge on any atom is 0.327 e. The SMILES string of the molecule is COCC(F)(F)c1nc2sc(N3CCCC3C(=O)N[C@H](C)c3ccccc3)nc2c(=O)n1C. The molecule has 2 aromatic heterocycles. The highest BCUT2D eigenvalue weighted by Crippen LogP contribution is 2.34. The monoisotopic (exact) mass is 477 g/mol. The number of rotatable bonds is 7. The van der Waals surface area contributed by atoms with Crippen molar-refractivity contribution in [2.24, 2.45) is 7.05 Å². The van der Waals surface area contributed by atoms with E-state index in [4.69, 9.17) is 0 Å². The van der Waals surface area contributed by atoms with Crippen molar-refractivity contribution in [1.29, 1.82) is 0 Å². The molecule has 4 rings (SSSR count). The van der Waals surface area contributed by atoms with Crippen LogP contribution in [0.3, 0.4) is 0 Å². The van der Waals surface area contributed by atoms with Gasteiger partial charge in [-0.1, -0.05) is 41.7 Å². The topological polar surface area (TPSA) is 89.3 Å². The molecule has 0 spiro atoms. The molecule has 1 aliphatic heterocycles. The molecule has 1 amide bonds. The first-order chi connectivity index (χ1) is 15.7. The highest BCUT2D eigenvalue weighted by atomic mass is 32.1. The number of carbonyl (C=O) groups is 1. The van der Waals surface area contributed by atoms with Crippen LogP contribution in [0.15, 0.2) is 35.1 Å². The first-order valence-corrected chi connectivity index (χ1v) is 11.4. The van der Waals surface area contributed by atoms with Gasteiger partial charge in [-0.3, -0.25) is 14.2 Å². The van der Waals surface area contributed by atoms with Crippen LogP contribution < -0.4 is 15.8 Å². The number of aromatic nitrogens is 3. The van der Waals surface area contributed by atoms with E-state index in [1.54, 1.807) is 0 Å². The number of halogens is 2. The predicted octanol–water partition coefficient (Wildman–Crippen LogP) is 2.97. The molecule has 0 aliphatic carbocycles. The van der Waals surface area contributed by atoms with Crippen LogP contribution in [0, 0.1) is 0 Å². The predicted molar refractivity (Wildman–Crippen MR) is 122 cm³/mol. The molecule has 1 fully saturated rings. The minimum Gasteiger partial charge on any atom is -0.378 e. The maximum absolute atomic E-state index is 14.4. The van der Waals surface area contributed by atoms with Crippen molar-refractivity contribution in [2.75, 3.05) is 25.2 Å². The molecule has 1 aromatic carbocycles. The van der Waals surface area contributed by atoms with Crippen LogP contribution in [0.5, 0.6) is 0 Å². The van der Waals surface area contributed by atoms with Crippen molar-refractivity contribution in [2.45, 2.75) is 37.8 Å². The number of nitrogens with zero attached hydrogens (tertiary/aromatic N) is 4. The van der Waals surface area contributed by atoms with E-state index in [1.165, 1.54) is 7.05 Å². The number of alkyl halides is 2. The zero-order valence-electron chi connectivity index (χ0n) is 18.5. The molecule has 3 aromatic rings. The fraction of sp³-hybridized carbons (Fsp3) is 0.455. The number of nitrogens with one attached hydrogen (secondary N) is 1. The summed E-state index contributed by atoms with van der Waals surface area (Å²) < 4.78 is 34.3. The van der Waals surface area contributed by atoms with E-state index in [-0.39, 0.29) is 22.3 Å². The van der Waals surface area contributed by atoms with Crippen LogP contribution in [0.4, 0.5) is 13.9 Å². The van der Waals surface area contributed by atoms with Gasteiger partial charge in [-0.2, -0.15) is 8.78 Å². The smallest absolute Gasteiger partial charge is 0.327 e. The average molecular weight is 478 g/mol. The molecule has 11 heteroatoms. The number of anilines is 1. The Bertz CT molecular complexity index is 1210. The lowest BCUT2D eigenvalue weighted by atomic mass is 10.1. The quantitative estimate of drug-likeness (QED) is 0.563. The molecule has 176 valence electrons. The second-order valence-corrected chi connectivity index (χ2v) is 9.04. The van der Waals surface area contributed by atoms with Gasteiger partial charge >= 0.3 is 5.92 Å². The Morgan fingerprint density at radius 3 is 2.76 bits per heavy atom. The number of fused-ring (bicyclic) bond motifs is 1. The van der Waals surface area contributed by atoms with Crippen LogP contribution in [0.2, 0.25) is 0 Å². The highest BCUT2D eigenvalue weighted by molar-refractivity contribution is 7.21. The van der Waals surface area contributed by atoms with Gasteiger partial charge in [0.2, 0.25) is 5.91 Å². The van der Waals surface area contributed by atoms with Gasteiger partial charge in [-0.25, -0.2) is 9.97 Å². The molecule has 8 nitrogen and oxygen atoms in total. The zero-order chi connectivity index (χ0) is 23.8. The van der Waals surface area contributed by atoms with Crippen LogP contribution in [0.1, 0.15) is 37.2 Å². The fourth-order valence-electron chi connectivity index (χ4n) is 4.04. The summed E-state index contributed by atoms with van der Waals surface area (Å²) in [4.78, 5) is 36.1. The number of hydrogen-bond acceptors (Lipinski definition) is 7. The Hall–Kier alpha value is -2.92. The molecule has 1 N–H and O–H groups in total. The van der Waals surface area contributed by atoms with Crippen LogP contribution in [-0.2, 0) is 22.5 Å². The molecule has 0 saturated carbocycles. The molecule has 0 radical (unpaired) electrons.